The first kappa shape index (κ1) is 15.2. The fourth-order valence-electron chi connectivity index (χ4n) is 2.16. The van der Waals surface area contributed by atoms with Gasteiger partial charge < -0.3 is 9.88 Å². The molecule has 0 aliphatic carbocycles. The van der Waals surface area contributed by atoms with Crippen molar-refractivity contribution < 1.29 is 0 Å². The van der Waals surface area contributed by atoms with E-state index in [4.69, 9.17) is 0 Å². The lowest BCUT2D eigenvalue weighted by Crippen LogP contribution is -2.35. The van der Waals surface area contributed by atoms with Crippen LogP contribution in [-0.4, -0.2) is 15.1 Å². The Bertz CT molecular complexity index is 360. The van der Waals surface area contributed by atoms with Crippen LogP contribution >= 0.6 is 0 Å². The van der Waals surface area contributed by atoms with Gasteiger partial charge in [0.25, 0.3) is 0 Å². The second-order valence-corrected chi connectivity index (χ2v) is 6.40. The van der Waals surface area contributed by atoms with E-state index in [9.17, 15) is 0 Å². The van der Waals surface area contributed by atoms with Crippen molar-refractivity contribution in [1.82, 2.24) is 14.9 Å². The molecule has 0 aliphatic heterocycles. The Morgan fingerprint density at radius 2 is 2.06 bits per heavy atom. The summed E-state index contributed by atoms with van der Waals surface area (Å²) in [5, 5.41) is 3.54. The van der Waals surface area contributed by atoms with E-state index < -0.39 is 0 Å². The minimum absolute atomic E-state index is 0.151. The van der Waals surface area contributed by atoms with Crippen LogP contribution in [0.15, 0.2) is 6.20 Å². The van der Waals surface area contributed by atoms with Gasteiger partial charge in [0.05, 0.1) is 5.69 Å². The third kappa shape index (κ3) is 4.81. The van der Waals surface area contributed by atoms with E-state index in [1.54, 1.807) is 0 Å². The van der Waals surface area contributed by atoms with Gasteiger partial charge in [-0.2, -0.15) is 0 Å². The van der Waals surface area contributed by atoms with Crippen LogP contribution in [0.3, 0.4) is 0 Å². The number of hydrogen-bond donors (Lipinski definition) is 1. The molecule has 104 valence electrons. The third-order valence-corrected chi connectivity index (χ3v) is 3.21. The molecule has 1 rings (SSSR count). The molecule has 1 N–H and O–H groups in total. The summed E-state index contributed by atoms with van der Waals surface area (Å²) in [5.41, 5.74) is 1.45. The Morgan fingerprint density at radius 3 is 2.61 bits per heavy atom. The lowest BCUT2D eigenvalue weighted by Gasteiger charge is -2.22. The molecule has 1 aromatic heterocycles. The molecule has 0 saturated carbocycles. The molecule has 0 aliphatic rings. The molecule has 0 aromatic carbocycles. The molecule has 1 aromatic rings. The lowest BCUT2D eigenvalue weighted by atomic mass is 10.1. The topological polar surface area (TPSA) is 29.9 Å². The predicted molar refractivity (Wildman–Crippen MR) is 77.6 cm³/mol. The first-order chi connectivity index (χ1) is 8.33. The Hall–Kier alpha value is -0.830. The van der Waals surface area contributed by atoms with Gasteiger partial charge in [-0.05, 0) is 40.0 Å². The number of hydrogen-bond acceptors (Lipinski definition) is 2. The average Bonchev–Trinajstić information content (AvgIpc) is 2.57. The smallest absolute Gasteiger partial charge is 0.105 e. The molecule has 1 unspecified atom stereocenters. The highest BCUT2D eigenvalue weighted by Gasteiger charge is 2.13. The normalized spacial score (nSPS) is 13.9. The Balaban J connectivity index is 2.69. The maximum Gasteiger partial charge on any atom is 0.105 e. The molecule has 1 heterocycles. The molecule has 0 saturated heterocycles. The molecule has 18 heavy (non-hydrogen) atoms. The molecular weight excluding hydrogens is 222 g/mol. The standard InChI is InChI=1S/C15H29N3/c1-7-8-12(2)11-18-13(3)16-9-14(18)10-17-15(4,5)6/h9,12,17H,7-8,10-11H2,1-6H3. The summed E-state index contributed by atoms with van der Waals surface area (Å²) in [7, 11) is 0. The molecule has 3 nitrogen and oxygen atoms in total. The van der Waals surface area contributed by atoms with Crippen LogP contribution < -0.4 is 5.32 Å². The summed E-state index contributed by atoms with van der Waals surface area (Å²) < 4.78 is 2.36. The summed E-state index contributed by atoms with van der Waals surface area (Å²) in [4.78, 5) is 4.45. The summed E-state index contributed by atoms with van der Waals surface area (Å²) in [6.45, 7) is 15.2. The van der Waals surface area contributed by atoms with E-state index in [1.807, 2.05) is 6.20 Å². The number of aryl methyl sites for hydroxylation is 1. The largest absolute Gasteiger partial charge is 0.331 e. The molecule has 0 bridgehead atoms. The maximum absolute atomic E-state index is 4.45. The van der Waals surface area contributed by atoms with Gasteiger partial charge in [-0.25, -0.2) is 4.98 Å². The van der Waals surface area contributed by atoms with E-state index in [2.05, 4.69) is 56.4 Å². The first-order valence-electron chi connectivity index (χ1n) is 7.09. The molecule has 0 radical (unpaired) electrons. The van der Waals surface area contributed by atoms with Gasteiger partial charge >= 0.3 is 0 Å². The van der Waals surface area contributed by atoms with E-state index in [1.165, 1.54) is 18.5 Å². The van der Waals surface area contributed by atoms with Crippen molar-refractivity contribution in [2.75, 3.05) is 0 Å². The van der Waals surface area contributed by atoms with Crippen LogP contribution in [0.1, 0.15) is 59.0 Å². The summed E-state index contributed by atoms with van der Waals surface area (Å²) in [6.07, 6.45) is 4.54. The SMILES string of the molecule is CCCC(C)Cn1c(CNC(C)(C)C)cnc1C. The number of rotatable bonds is 6. The van der Waals surface area contributed by atoms with Gasteiger partial charge in [-0.3, -0.25) is 0 Å². The molecule has 0 amide bonds. The minimum Gasteiger partial charge on any atom is -0.331 e. The van der Waals surface area contributed by atoms with Gasteiger partial charge in [0.2, 0.25) is 0 Å². The van der Waals surface area contributed by atoms with Gasteiger partial charge in [-0.1, -0.05) is 20.3 Å². The highest BCUT2D eigenvalue weighted by molar-refractivity contribution is 5.05. The lowest BCUT2D eigenvalue weighted by molar-refractivity contribution is 0.397. The van der Waals surface area contributed by atoms with Crippen molar-refractivity contribution in [3.8, 4) is 0 Å². The van der Waals surface area contributed by atoms with Crippen LogP contribution in [0.2, 0.25) is 0 Å². The Kier molecular flexibility index (Phi) is 5.39. The van der Waals surface area contributed by atoms with E-state index in [0.29, 0.717) is 0 Å². The molecule has 3 heteroatoms. The van der Waals surface area contributed by atoms with Gasteiger partial charge in [-0.15, -0.1) is 0 Å². The van der Waals surface area contributed by atoms with Gasteiger partial charge in [0.1, 0.15) is 5.82 Å². The van der Waals surface area contributed by atoms with Crippen LogP contribution in [0.5, 0.6) is 0 Å². The fourth-order valence-corrected chi connectivity index (χ4v) is 2.16. The predicted octanol–water partition coefficient (Wildman–Crippen LogP) is 3.52. The van der Waals surface area contributed by atoms with Crippen molar-refractivity contribution in [3.63, 3.8) is 0 Å². The van der Waals surface area contributed by atoms with Crippen LogP contribution in [0.4, 0.5) is 0 Å². The highest BCUT2D eigenvalue weighted by atomic mass is 15.1. The zero-order chi connectivity index (χ0) is 13.8. The second kappa shape index (κ2) is 6.37. The monoisotopic (exact) mass is 251 g/mol. The molecular formula is C15H29N3. The van der Waals surface area contributed by atoms with Crippen LogP contribution in [0.25, 0.3) is 0 Å². The number of imidazole rings is 1. The first-order valence-corrected chi connectivity index (χ1v) is 7.09. The van der Waals surface area contributed by atoms with Crippen molar-refractivity contribution in [2.45, 2.75) is 73.0 Å². The quantitative estimate of drug-likeness (QED) is 0.838. The Labute approximate surface area is 112 Å². The summed E-state index contributed by atoms with van der Waals surface area (Å²) >= 11 is 0. The van der Waals surface area contributed by atoms with Gasteiger partial charge in [0.15, 0.2) is 0 Å². The molecule has 0 spiro atoms. The number of nitrogens with one attached hydrogen (secondary N) is 1. The number of nitrogens with zero attached hydrogens (tertiary/aromatic N) is 2. The van der Waals surface area contributed by atoms with Crippen molar-refractivity contribution in [3.05, 3.63) is 17.7 Å². The van der Waals surface area contributed by atoms with Crippen molar-refractivity contribution in [2.24, 2.45) is 5.92 Å². The minimum atomic E-state index is 0.151. The maximum atomic E-state index is 4.45. The third-order valence-electron chi connectivity index (χ3n) is 3.21. The van der Waals surface area contributed by atoms with Gasteiger partial charge in [0, 0.05) is 24.8 Å². The fraction of sp³-hybridized carbons (Fsp3) is 0.800. The summed E-state index contributed by atoms with van der Waals surface area (Å²) in [5.74, 6) is 1.85. The van der Waals surface area contributed by atoms with Crippen LogP contribution in [-0.2, 0) is 13.1 Å². The zero-order valence-corrected chi connectivity index (χ0v) is 12.9. The van der Waals surface area contributed by atoms with E-state index >= 15 is 0 Å². The van der Waals surface area contributed by atoms with Crippen molar-refractivity contribution >= 4 is 0 Å². The second-order valence-electron chi connectivity index (χ2n) is 6.40. The van der Waals surface area contributed by atoms with E-state index in [0.717, 1.165) is 24.8 Å². The number of aromatic nitrogens is 2. The van der Waals surface area contributed by atoms with Crippen molar-refractivity contribution in [1.29, 1.82) is 0 Å². The highest BCUT2D eigenvalue weighted by Crippen LogP contribution is 2.14. The van der Waals surface area contributed by atoms with E-state index in [-0.39, 0.29) is 5.54 Å². The van der Waals surface area contributed by atoms with Crippen LogP contribution in [0, 0.1) is 12.8 Å². The Morgan fingerprint density at radius 1 is 1.39 bits per heavy atom. The summed E-state index contributed by atoms with van der Waals surface area (Å²) in [6, 6.07) is 0. The zero-order valence-electron chi connectivity index (χ0n) is 12.9. The average molecular weight is 251 g/mol. The molecule has 1 atom stereocenters. The molecule has 0 fully saturated rings.